The first-order chi connectivity index (χ1) is 19.5. The van der Waals surface area contributed by atoms with Crippen LogP contribution in [0, 0.1) is 0 Å². The molecule has 1 fully saturated rings. The third-order valence-corrected chi connectivity index (χ3v) is 7.14. The van der Waals surface area contributed by atoms with Crippen molar-refractivity contribution in [3.63, 3.8) is 0 Å². The Kier molecular flexibility index (Phi) is 6.85. The quantitative estimate of drug-likeness (QED) is 0.178. The van der Waals surface area contributed by atoms with Crippen molar-refractivity contribution in [1.82, 2.24) is 24.5 Å². The molecule has 0 spiro atoms. The number of esters is 1. The average Bonchev–Trinajstić information content (AvgIpc) is 3.69. The van der Waals surface area contributed by atoms with Gasteiger partial charge in [-0.1, -0.05) is 18.2 Å². The summed E-state index contributed by atoms with van der Waals surface area (Å²) in [6.07, 6.45) is 5.62. The molecular formula is C29H28N6O5. The van der Waals surface area contributed by atoms with Crippen LogP contribution in [-0.2, 0) is 4.74 Å². The van der Waals surface area contributed by atoms with Crippen molar-refractivity contribution in [1.29, 1.82) is 0 Å². The summed E-state index contributed by atoms with van der Waals surface area (Å²) in [6.45, 7) is 3.42. The van der Waals surface area contributed by atoms with Crippen LogP contribution in [-0.4, -0.2) is 68.6 Å². The van der Waals surface area contributed by atoms with Crippen molar-refractivity contribution >= 4 is 29.2 Å². The molecule has 4 aromatic rings. The summed E-state index contributed by atoms with van der Waals surface area (Å²) < 4.78 is 12.6. The van der Waals surface area contributed by atoms with Crippen molar-refractivity contribution in [3.8, 4) is 5.88 Å². The summed E-state index contributed by atoms with van der Waals surface area (Å²) in [5.41, 5.74) is 2.53. The Labute approximate surface area is 230 Å². The van der Waals surface area contributed by atoms with Crippen molar-refractivity contribution in [2.45, 2.75) is 32.2 Å². The Balaban J connectivity index is 1.11. The molecule has 11 nitrogen and oxygen atoms in total. The highest BCUT2D eigenvalue weighted by atomic mass is 16.5. The smallest absolute Gasteiger partial charge is 0.343 e. The second-order valence-corrected chi connectivity index (χ2v) is 9.59. The molecule has 2 aliphatic rings. The number of carbonyl (C=O) groups is 3. The Morgan fingerprint density at radius 1 is 1.02 bits per heavy atom. The van der Waals surface area contributed by atoms with Crippen LogP contribution in [0.2, 0.25) is 0 Å². The monoisotopic (exact) mass is 540 g/mol. The maximum Gasteiger partial charge on any atom is 0.343 e. The van der Waals surface area contributed by atoms with Gasteiger partial charge in [-0.05, 0) is 50.5 Å². The number of hydrogen-bond acceptors (Lipinski definition) is 9. The van der Waals surface area contributed by atoms with Gasteiger partial charge in [-0.3, -0.25) is 14.5 Å². The van der Waals surface area contributed by atoms with Gasteiger partial charge in [-0.2, -0.15) is 5.10 Å². The Bertz CT molecular complexity index is 1570. The molecule has 204 valence electrons. The lowest BCUT2D eigenvalue weighted by Gasteiger charge is -2.25. The van der Waals surface area contributed by atoms with Crippen LogP contribution in [0.1, 0.15) is 69.0 Å². The molecule has 0 N–H and O–H groups in total. The maximum absolute atomic E-state index is 12.6. The normalized spacial score (nSPS) is 16.6. The summed E-state index contributed by atoms with van der Waals surface area (Å²) >= 11 is 0. The molecule has 1 saturated heterocycles. The summed E-state index contributed by atoms with van der Waals surface area (Å²) in [4.78, 5) is 50.4. The number of hydrogen-bond donors (Lipinski definition) is 0. The van der Waals surface area contributed by atoms with Gasteiger partial charge >= 0.3 is 5.97 Å². The highest BCUT2D eigenvalue weighted by Crippen LogP contribution is 2.35. The van der Waals surface area contributed by atoms with Crippen LogP contribution in [0.3, 0.4) is 0 Å². The van der Waals surface area contributed by atoms with Gasteiger partial charge in [-0.25, -0.2) is 19.3 Å². The largest absolute Gasteiger partial charge is 0.478 e. The fourth-order valence-electron chi connectivity index (χ4n) is 5.26. The zero-order valence-corrected chi connectivity index (χ0v) is 22.0. The lowest BCUT2D eigenvalue weighted by atomic mass is 10.1. The van der Waals surface area contributed by atoms with E-state index in [1.807, 2.05) is 18.2 Å². The minimum Gasteiger partial charge on any atom is -0.478 e. The van der Waals surface area contributed by atoms with Gasteiger partial charge in [0.05, 0.1) is 42.3 Å². The molecule has 0 aliphatic carbocycles. The van der Waals surface area contributed by atoms with E-state index in [2.05, 4.69) is 10.00 Å². The minimum absolute atomic E-state index is 0.00851. The van der Waals surface area contributed by atoms with Crippen molar-refractivity contribution in [3.05, 3.63) is 83.3 Å². The predicted octanol–water partition coefficient (Wildman–Crippen LogP) is 3.71. The van der Waals surface area contributed by atoms with Gasteiger partial charge in [-0.15, -0.1) is 0 Å². The summed E-state index contributed by atoms with van der Waals surface area (Å²) in [7, 11) is 0. The van der Waals surface area contributed by atoms with Crippen molar-refractivity contribution in [2.24, 2.45) is 0 Å². The van der Waals surface area contributed by atoms with Gasteiger partial charge in [0.2, 0.25) is 5.88 Å². The summed E-state index contributed by atoms with van der Waals surface area (Å²) in [6, 6.07) is 14.4. The highest BCUT2D eigenvalue weighted by Gasteiger charge is 2.34. The van der Waals surface area contributed by atoms with E-state index in [0.717, 1.165) is 30.9 Å². The first-order valence-corrected chi connectivity index (χ1v) is 13.4. The topological polar surface area (TPSA) is 119 Å². The molecule has 1 atom stereocenters. The SMILES string of the molecule is CCOC(=O)c1cnn2ccc(N3CCCC3c3cccc(OCCCN4C(=O)c5ccccc5C4=O)n3)nc12. The molecule has 0 saturated carbocycles. The first kappa shape index (κ1) is 25.5. The fourth-order valence-corrected chi connectivity index (χ4v) is 5.26. The van der Waals surface area contributed by atoms with E-state index < -0.39 is 5.97 Å². The van der Waals surface area contributed by atoms with E-state index in [0.29, 0.717) is 41.2 Å². The third kappa shape index (κ3) is 4.63. The number of amides is 2. The lowest BCUT2D eigenvalue weighted by Crippen LogP contribution is -2.31. The van der Waals surface area contributed by atoms with E-state index in [1.54, 1.807) is 48.0 Å². The number of rotatable bonds is 9. The summed E-state index contributed by atoms with van der Waals surface area (Å²) in [5, 5.41) is 4.22. The zero-order chi connectivity index (χ0) is 27.6. The lowest BCUT2D eigenvalue weighted by molar-refractivity contribution is 0.0527. The third-order valence-electron chi connectivity index (χ3n) is 7.14. The van der Waals surface area contributed by atoms with E-state index in [4.69, 9.17) is 19.4 Å². The molecule has 0 bridgehead atoms. The van der Waals surface area contributed by atoms with Crippen LogP contribution in [0.25, 0.3) is 5.65 Å². The molecule has 2 amide bonds. The molecule has 3 aromatic heterocycles. The Morgan fingerprint density at radius 3 is 2.60 bits per heavy atom. The number of pyridine rings is 1. The van der Waals surface area contributed by atoms with Crippen LogP contribution in [0.5, 0.6) is 5.88 Å². The number of anilines is 1. The molecular weight excluding hydrogens is 512 g/mol. The molecule has 1 aromatic carbocycles. The number of aromatic nitrogens is 4. The number of ether oxygens (including phenoxy) is 2. The van der Waals surface area contributed by atoms with Gasteiger partial charge in [0, 0.05) is 25.4 Å². The van der Waals surface area contributed by atoms with Gasteiger partial charge in [0.15, 0.2) is 5.65 Å². The molecule has 11 heteroatoms. The van der Waals surface area contributed by atoms with Crippen LogP contribution < -0.4 is 9.64 Å². The first-order valence-electron chi connectivity index (χ1n) is 13.4. The highest BCUT2D eigenvalue weighted by molar-refractivity contribution is 6.21. The molecule has 0 radical (unpaired) electrons. The molecule has 1 unspecified atom stereocenters. The second kappa shape index (κ2) is 10.8. The average molecular weight is 541 g/mol. The molecule has 6 rings (SSSR count). The number of carbonyl (C=O) groups excluding carboxylic acids is 3. The van der Waals surface area contributed by atoms with E-state index in [-0.39, 0.29) is 31.0 Å². The van der Waals surface area contributed by atoms with E-state index >= 15 is 0 Å². The minimum atomic E-state index is -0.449. The number of imide groups is 1. The molecule has 5 heterocycles. The van der Waals surface area contributed by atoms with E-state index in [9.17, 15) is 14.4 Å². The van der Waals surface area contributed by atoms with E-state index in [1.165, 1.54) is 11.1 Å². The van der Waals surface area contributed by atoms with Crippen molar-refractivity contribution in [2.75, 3.05) is 31.2 Å². The van der Waals surface area contributed by atoms with Gasteiger partial charge < -0.3 is 14.4 Å². The van der Waals surface area contributed by atoms with Crippen LogP contribution in [0.4, 0.5) is 5.82 Å². The number of nitrogens with zero attached hydrogens (tertiary/aromatic N) is 6. The summed E-state index contributed by atoms with van der Waals surface area (Å²) in [5.74, 6) is 0.235. The fraction of sp³-hybridized carbons (Fsp3) is 0.310. The van der Waals surface area contributed by atoms with Crippen LogP contribution >= 0.6 is 0 Å². The molecule has 40 heavy (non-hydrogen) atoms. The number of fused-ring (bicyclic) bond motifs is 2. The van der Waals surface area contributed by atoms with Gasteiger partial charge in [0.1, 0.15) is 11.4 Å². The predicted molar refractivity (Wildman–Crippen MR) is 144 cm³/mol. The zero-order valence-electron chi connectivity index (χ0n) is 22.0. The van der Waals surface area contributed by atoms with Gasteiger partial charge in [0.25, 0.3) is 11.8 Å². The maximum atomic E-state index is 12.6. The Morgan fingerprint density at radius 2 is 1.82 bits per heavy atom. The van der Waals surface area contributed by atoms with Crippen LogP contribution in [0.15, 0.2) is 60.9 Å². The standard InChI is InChI=1S/C29H28N6O5/c1-2-39-29(38)21-18-30-35-16-13-24(32-26(21)35)33-14-6-11-23(33)22-10-5-12-25(31-22)40-17-7-15-34-27(36)19-8-3-4-9-20(19)28(34)37/h3-5,8-10,12-13,16,18,23H,2,6-7,11,14-15,17H2,1H3. The number of benzene rings is 1. The van der Waals surface area contributed by atoms with Crippen molar-refractivity contribution < 1.29 is 23.9 Å². The molecule has 2 aliphatic heterocycles. The second-order valence-electron chi connectivity index (χ2n) is 9.59. The Hall–Kier alpha value is -4.80.